The molecule has 4 nitrogen and oxygen atoms in total. The van der Waals surface area contributed by atoms with Crippen LogP contribution in [-0.2, 0) is 0 Å². The predicted octanol–water partition coefficient (Wildman–Crippen LogP) is 5.05. The number of phenolic OH excluding ortho intramolecular Hbond substituents is 1. The number of carbonyl (C=O) groups is 1. The van der Waals surface area contributed by atoms with Crippen LogP contribution in [-0.4, -0.2) is 53.5 Å². The largest absolute Gasteiger partial charge is 0.508 e. The highest BCUT2D eigenvalue weighted by Gasteiger charge is 2.28. The van der Waals surface area contributed by atoms with Gasteiger partial charge < -0.3 is 10.0 Å². The van der Waals surface area contributed by atoms with Crippen molar-refractivity contribution in [1.29, 1.82) is 0 Å². The molecule has 4 heteroatoms. The lowest BCUT2D eigenvalue weighted by molar-refractivity contribution is 0.0773. The standard InChI is InChI=1S/C26H34N2O2/c1-6-28(7-2)26(30)21-13-11-20(12-14-21)25(22-9-8-10-23(29)16-22)24-15-19(4)27(5)17-18(24)3/h8-14,16,19,25,29H,6-7,15,17H2,1-5H3. The number of aromatic hydroxyl groups is 1. The molecule has 0 bridgehead atoms. The lowest BCUT2D eigenvalue weighted by Crippen LogP contribution is -2.36. The Morgan fingerprint density at radius 3 is 2.40 bits per heavy atom. The fourth-order valence-corrected chi connectivity index (χ4v) is 4.45. The molecule has 0 saturated heterocycles. The minimum atomic E-state index is 0.0729. The van der Waals surface area contributed by atoms with Crippen molar-refractivity contribution >= 4 is 5.91 Å². The molecule has 0 radical (unpaired) electrons. The van der Waals surface area contributed by atoms with E-state index in [1.54, 1.807) is 6.07 Å². The third-order valence-corrected chi connectivity index (χ3v) is 6.40. The summed E-state index contributed by atoms with van der Waals surface area (Å²) in [6, 6.07) is 16.1. The Morgan fingerprint density at radius 2 is 1.80 bits per heavy atom. The normalized spacial score (nSPS) is 18.4. The Morgan fingerprint density at radius 1 is 1.13 bits per heavy atom. The average Bonchev–Trinajstić information content (AvgIpc) is 2.73. The van der Waals surface area contributed by atoms with Gasteiger partial charge in [-0.15, -0.1) is 0 Å². The molecular weight excluding hydrogens is 372 g/mol. The SMILES string of the molecule is CCN(CC)C(=O)c1ccc(C(C2=C(C)CN(C)C(C)C2)c2cccc(O)c2)cc1. The third-order valence-electron chi connectivity index (χ3n) is 6.40. The molecule has 2 aromatic carbocycles. The Balaban J connectivity index is 2.03. The molecule has 0 aliphatic carbocycles. The van der Waals surface area contributed by atoms with E-state index in [0.717, 1.165) is 29.7 Å². The van der Waals surface area contributed by atoms with Gasteiger partial charge in [0.25, 0.3) is 5.91 Å². The molecule has 1 amide bonds. The molecule has 0 aromatic heterocycles. The van der Waals surface area contributed by atoms with Crippen molar-refractivity contribution in [2.24, 2.45) is 0 Å². The minimum Gasteiger partial charge on any atom is -0.508 e. The number of likely N-dealkylation sites (N-methyl/N-ethyl adjacent to an activating group) is 1. The van der Waals surface area contributed by atoms with Gasteiger partial charge in [-0.1, -0.05) is 35.4 Å². The highest BCUT2D eigenvalue weighted by molar-refractivity contribution is 5.94. The molecule has 30 heavy (non-hydrogen) atoms. The van der Waals surface area contributed by atoms with Crippen molar-refractivity contribution in [2.75, 3.05) is 26.7 Å². The van der Waals surface area contributed by atoms with Gasteiger partial charge in [-0.05, 0) is 76.6 Å². The number of hydrogen-bond donors (Lipinski definition) is 1. The first-order chi connectivity index (χ1) is 14.3. The first-order valence-corrected chi connectivity index (χ1v) is 10.9. The van der Waals surface area contributed by atoms with E-state index in [2.05, 4.69) is 44.0 Å². The van der Waals surface area contributed by atoms with E-state index >= 15 is 0 Å². The van der Waals surface area contributed by atoms with Gasteiger partial charge in [0, 0.05) is 37.2 Å². The van der Waals surface area contributed by atoms with Crippen LogP contribution in [0.25, 0.3) is 0 Å². The highest BCUT2D eigenvalue weighted by Crippen LogP contribution is 2.39. The van der Waals surface area contributed by atoms with Gasteiger partial charge in [-0.3, -0.25) is 9.69 Å². The maximum absolute atomic E-state index is 12.7. The lowest BCUT2D eigenvalue weighted by Gasteiger charge is -2.36. The van der Waals surface area contributed by atoms with Crippen LogP contribution in [0.4, 0.5) is 0 Å². The summed E-state index contributed by atoms with van der Waals surface area (Å²) in [4.78, 5) is 16.9. The number of hydrogen-bond acceptors (Lipinski definition) is 3. The zero-order chi connectivity index (χ0) is 21.8. The van der Waals surface area contributed by atoms with Crippen molar-refractivity contribution < 1.29 is 9.90 Å². The minimum absolute atomic E-state index is 0.0729. The first-order valence-electron chi connectivity index (χ1n) is 10.9. The summed E-state index contributed by atoms with van der Waals surface area (Å²) in [5.74, 6) is 0.430. The predicted molar refractivity (Wildman–Crippen MR) is 123 cm³/mol. The lowest BCUT2D eigenvalue weighted by atomic mass is 9.78. The van der Waals surface area contributed by atoms with Gasteiger partial charge in [0.05, 0.1) is 0 Å². The van der Waals surface area contributed by atoms with Crippen molar-refractivity contribution in [3.05, 3.63) is 76.4 Å². The molecule has 2 unspecified atom stereocenters. The Labute approximate surface area is 180 Å². The van der Waals surface area contributed by atoms with Gasteiger partial charge >= 0.3 is 0 Å². The van der Waals surface area contributed by atoms with E-state index in [4.69, 9.17) is 0 Å². The Bertz CT molecular complexity index is 913. The second-order valence-electron chi connectivity index (χ2n) is 8.40. The molecule has 1 heterocycles. The molecule has 0 spiro atoms. The number of carbonyl (C=O) groups excluding carboxylic acids is 1. The van der Waals surface area contributed by atoms with Crippen LogP contribution in [0.2, 0.25) is 0 Å². The van der Waals surface area contributed by atoms with Crippen molar-refractivity contribution in [1.82, 2.24) is 9.80 Å². The number of phenols is 1. The maximum Gasteiger partial charge on any atom is 0.253 e. The maximum atomic E-state index is 12.7. The summed E-state index contributed by atoms with van der Waals surface area (Å²) in [5.41, 5.74) is 5.76. The summed E-state index contributed by atoms with van der Waals surface area (Å²) < 4.78 is 0. The summed E-state index contributed by atoms with van der Waals surface area (Å²) in [6.07, 6.45) is 0.989. The first kappa shape index (κ1) is 22.1. The third kappa shape index (κ3) is 4.59. The van der Waals surface area contributed by atoms with E-state index < -0.39 is 0 Å². The second-order valence-corrected chi connectivity index (χ2v) is 8.40. The zero-order valence-corrected chi connectivity index (χ0v) is 18.9. The fraction of sp³-hybridized carbons (Fsp3) is 0.423. The molecule has 3 rings (SSSR count). The van der Waals surface area contributed by atoms with E-state index in [1.807, 2.05) is 43.0 Å². The van der Waals surface area contributed by atoms with Gasteiger partial charge in [0.2, 0.25) is 0 Å². The van der Waals surface area contributed by atoms with Crippen LogP contribution >= 0.6 is 0 Å². The quantitative estimate of drug-likeness (QED) is 0.683. The summed E-state index contributed by atoms with van der Waals surface area (Å²) in [7, 11) is 2.17. The molecule has 0 saturated carbocycles. The van der Waals surface area contributed by atoms with Gasteiger partial charge in [-0.25, -0.2) is 0 Å². The van der Waals surface area contributed by atoms with Gasteiger partial charge in [0.1, 0.15) is 5.75 Å². The molecule has 2 atom stereocenters. The second kappa shape index (κ2) is 9.48. The smallest absolute Gasteiger partial charge is 0.253 e. The Kier molecular flexibility index (Phi) is 6.99. The van der Waals surface area contributed by atoms with E-state index in [-0.39, 0.29) is 17.6 Å². The molecule has 160 valence electrons. The molecular formula is C26H34N2O2. The summed E-state index contributed by atoms with van der Waals surface area (Å²) in [5, 5.41) is 10.1. The fourth-order valence-electron chi connectivity index (χ4n) is 4.45. The van der Waals surface area contributed by atoms with E-state index in [0.29, 0.717) is 19.1 Å². The molecule has 0 fully saturated rings. The Hall–Kier alpha value is -2.59. The van der Waals surface area contributed by atoms with Gasteiger partial charge in [0.15, 0.2) is 0 Å². The van der Waals surface area contributed by atoms with Crippen LogP contribution in [0.1, 0.15) is 61.5 Å². The number of rotatable bonds is 6. The highest BCUT2D eigenvalue weighted by atomic mass is 16.3. The zero-order valence-electron chi connectivity index (χ0n) is 18.9. The molecule has 2 aromatic rings. The number of benzene rings is 2. The van der Waals surface area contributed by atoms with Crippen LogP contribution in [0.5, 0.6) is 5.75 Å². The van der Waals surface area contributed by atoms with E-state index in [1.165, 1.54) is 11.1 Å². The van der Waals surface area contributed by atoms with Gasteiger partial charge in [-0.2, -0.15) is 0 Å². The molecule has 1 aliphatic heterocycles. The number of nitrogens with zero attached hydrogens (tertiary/aromatic N) is 2. The van der Waals surface area contributed by atoms with Crippen LogP contribution in [0.3, 0.4) is 0 Å². The van der Waals surface area contributed by atoms with Crippen LogP contribution in [0.15, 0.2) is 59.7 Å². The van der Waals surface area contributed by atoms with Crippen molar-refractivity contribution in [3.63, 3.8) is 0 Å². The van der Waals surface area contributed by atoms with Crippen molar-refractivity contribution in [3.8, 4) is 5.75 Å². The van der Waals surface area contributed by atoms with E-state index in [9.17, 15) is 9.90 Å². The van der Waals surface area contributed by atoms with Crippen molar-refractivity contribution in [2.45, 2.75) is 46.1 Å². The summed E-state index contributed by atoms with van der Waals surface area (Å²) in [6.45, 7) is 10.9. The van der Waals surface area contributed by atoms with Crippen LogP contribution in [0, 0.1) is 0 Å². The monoisotopic (exact) mass is 406 g/mol. The topological polar surface area (TPSA) is 43.8 Å². The number of amides is 1. The molecule has 1 aliphatic rings. The average molecular weight is 407 g/mol. The summed E-state index contributed by atoms with van der Waals surface area (Å²) >= 11 is 0. The van der Waals surface area contributed by atoms with Crippen LogP contribution < -0.4 is 0 Å². The molecule has 1 N–H and O–H groups in total.